The Morgan fingerprint density at radius 1 is 1.25 bits per heavy atom. The normalized spacial score (nSPS) is 17.8. The third-order valence-electron chi connectivity index (χ3n) is 6.46. The van der Waals surface area contributed by atoms with Crippen molar-refractivity contribution in [3.05, 3.63) is 65.3 Å². The molecule has 36 heavy (non-hydrogen) atoms. The average molecular weight is 496 g/mol. The van der Waals surface area contributed by atoms with Crippen LogP contribution in [0.1, 0.15) is 55.7 Å². The Morgan fingerprint density at radius 3 is 2.81 bits per heavy atom. The monoisotopic (exact) mass is 495 g/mol. The zero-order valence-electron chi connectivity index (χ0n) is 20.7. The molecule has 2 atom stereocenters. The predicted octanol–water partition coefficient (Wildman–Crippen LogP) is 5.02. The molecule has 1 aliphatic heterocycles. The number of halogens is 1. The van der Waals surface area contributed by atoms with Crippen LogP contribution in [0, 0.1) is 18.7 Å². The molecule has 0 bridgehead atoms. The van der Waals surface area contributed by atoms with Crippen LogP contribution in [0.4, 0.5) is 4.39 Å². The van der Waals surface area contributed by atoms with Crippen molar-refractivity contribution in [2.45, 2.75) is 52.2 Å². The van der Waals surface area contributed by atoms with Gasteiger partial charge in [0.05, 0.1) is 19.1 Å². The molecule has 9 heteroatoms. The Kier molecular flexibility index (Phi) is 7.97. The van der Waals surface area contributed by atoms with E-state index in [4.69, 9.17) is 14.0 Å². The van der Waals surface area contributed by atoms with E-state index in [1.165, 1.54) is 6.07 Å². The number of piperidine rings is 1. The fraction of sp³-hybridized carbons (Fsp3) is 0.407. The van der Waals surface area contributed by atoms with Crippen LogP contribution in [0.15, 0.2) is 47.0 Å². The second-order valence-electron chi connectivity index (χ2n) is 8.86. The Balaban J connectivity index is 1.53. The smallest absolute Gasteiger partial charge is 0.311 e. The van der Waals surface area contributed by atoms with Crippen LogP contribution in [0.2, 0.25) is 0 Å². The number of aromatic nitrogens is 2. The van der Waals surface area contributed by atoms with Gasteiger partial charge in [0.25, 0.3) is 5.89 Å². The molecule has 0 saturated carbocycles. The highest BCUT2D eigenvalue weighted by Crippen LogP contribution is 2.41. The largest absolute Gasteiger partial charge is 0.496 e. The lowest BCUT2D eigenvalue weighted by atomic mass is 9.83. The first-order chi connectivity index (χ1) is 17.4. The molecule has 2 aromatic carbocycles. The number of rotatable bonds is 9. The van der Waals surface area contributed by atoms with E-state index in [-0.39, 0.29) is 36.5 Å². The van der Waals surface area contributed by atoms with Gasteiger partial charge in [-0.2, -0.15) is 4.98 Å². The van der Waals surface area contributed by atoms with Gasteiger partial charge in [-0.3, -0.25) is 9.59 Å². The number of ether oxygens (including phenoxy) is 2. The van der Waals surface area contributed by atoms with E-state index in [9.17, 15) is 14.0 Å². The van der Waals surface area contributed by atoms with E-state index < -0.39 is 17.9 Å². The number of benzene rings is 2. The van der Waals surface area contributed by atoms with E-state index >= 15 is 0 Å². The summed E-state index contributed by atoms with van der Waals surface area (Å²) in [7, 11) is 1.57. The lowest BCUT2D eigenvalue weighted by Crippen LogP contribution is -2.46. The van der Waals surface area contributed by atoms with Gasteiger partial charge in [0.1, 0.15) is 11.6 Å². The molecule has 1 aliphatic rings. The maximum atomic E-state index is 13.9. The number of nitrogens with zero attached hydrogens (tertiary/aromatic N) is 3. The first-order valence-corrected chi connectivity index (χ1v) is 12.1. The number of carbonyl (C=O) groups excluding carboxylic acids is 2. The van der Waals surface area contributed by atoms with E-state index in [2.05, 4.69) is 17.1 Å². The van der Waals surface area contributed by atoms with Crippen molar-refractivity contribution in [2.75, 3.05) is 13.7 Å². The van der Waals surface area contributed by atoms with Gasteiger partial charge in [0.15, 0.2) is 6.61 Å². The SMILES string of the molecule is CCCCN1C(=O)CCC(C(=O)OCc2nc(-c3ccc(C)c(F)c3)no2)C1c1ccccc1OC. The summed E-state index contributed by atoms with van der Waals surface area (Å²) in [4.78, 5) is 32.2. The van der Waals surface area contributed by atoms with Crippen LogP contribution < -0.4 is 4.74 Å². The summed E-state index contributed by atoms with van der Waals surface area (Å²) in [5.74, 6) is -0.472. The van der Waals surface area contributed by atoms with Gasteiger partial charge in [-0.1, -0.05) is 48.8 Å². The molecule has 2 heterocycles. The van der Waals surface area contributed by atoms with Gasteiger partial charge in [-0.25, -0.2) is 4.39 Å². The number of methoxy groups -OCH3 is 1. The molecule has 1 saturated heterocycles. The van der Waals surface area contributed by atoms with Crippen molar-refractivity contribution in [3.8, 4) is 17.1 Å². The van der Waals surface area contributed by atoms with Crippen molar-refractivity contribution in [1.29, 1.82) is 0 Å². The number of para-hydroxylation sites is 1. The first kappa shape index (κ1) is 25.3. The molecule has 8 nitrogen and oxygen atoms in total. The van der Waals surface area contributed by atoms with Crippen molar-refractivity contribution >= 4 is 11.9 Å². The molecule has 0 aliphatic carbocycles. The third-order valence-corrected chi connectivity index (χ3v) is 6.46. The van der Waals surface area contributed by atoms with Crippen molar-refractivity contribution in [1.82, 2.24) is 15.0 Å². The third kappa shape index (κ3) is 5.40. The Bertz CT molecular complexity index is 1230. The molecule has 0 spiro atoms. The van der Waals surface area contributed by atoms with Gasteiger partial charge in [0.2, 0.25) is 11.7 Å². The summed E-state index contributed by atoms with van der Waals surface area (Å²) in [6.45, 7) is 4.04. The molecule has 0 radical (unpaired) electrons. The number of hydrogen-bond donors (Lipinski definition) is 0. The van der Waals surface area contributed by atoms with Crippen LogP contribution in [-0.4, -0.2) is 40.6 Å². The number of hydrogen-bond acceptors (Lipinski definition) is 7. The number of unbranched alkanes of at least 4 members (excludes halogenated alkanes) is 1. The van der Waals surface area contributed by atoms with Crippen LogP contribution in [0.25, 0.3) is 11.4 Å². The molecule has 190 valence electrons. The first-order valence-electron chi connectivity index (χ1n) is 12.1. The molecular formula is C27H30FN3O5. The molecule has 1 aromatic heterocycles. The van der Waals surface area contributed by atoms with E-state index in [0.29, 0.717) is 29.8 Å². The highest BCUT2D eigenvalue weighted by atomic mass is 19.1. The standard InChI is InChI=1S/C27H30FN3O5/c1-4-5-14-31-24(32)13-12-20(25(31)19-8-6-7-9-22(19)34-3)27(33)35-16-23-29-26(30-36-23)18-11-10-17(2)21(28)15-18/h6-11,15,20,25H,4-5,12-14,16H2,1-3H3. The van der Waals surface area contributed by atoms with Gasteiger partial charge >= 0.3 is 5.97 Å². The molecule has 1 fully saturated rings. The Hall–Kier alpha value is -3.75. The minimum absolute atomic E-state index is 0.00952. The molecular weight excluding hydrogens is 465 g/mol. The quantitative estimate of drug-likeness (QED) is 0.385. The topological polar surface area (TPSA) is 94.8 Å². The van der Waals surface area contributed by atoms with Gasteiger partial charge in [-0.15, -0.1) is 0 Å². The van der Waals surface area contributed by atoms with Crippen LogP contribution in [-0.2, 0) is 20.9 Å². The van der Waals surface area contributed by atoms with Crippen molar-refractivity contribution < 1.29 is 28.0 Å². The molecule has 2 unspecified atom stereocenters. The predicted molar refractivity (Wildman–Crippen MR) is 129 cm³/mol. The summed E-state index contributed by atoms with van der Waals surface area (Å²) in [6.07, 6.45) is 2.37. The van der Waals surface area contributed by atoms with Crippen molar-refractivity contribution in [3.63, 3.8) is 0 Å². The second kappa shape index (κ2) is 11.3. The summed E-state index contributed by atoms with van der Waals surface area (Å²) in [5, 5.41) is 3.88. The lowest BCUT2D eigenvalue weighted by Gasteiger charge is -2.40. The number of likely N-dealkylation sites (tertiary alicyclic amines) is 1. The zero-order valence-corrected chi connectivity index (χ0v) is 20.7. The molecule has 3 aromatic rings. The number of amides is 1. The van der Waals surface area contributed by atoms with E-state index in [0.717, 1.165) is 18.4 Å². The van der Waals surface area contributed by atoms with Gasteiger partial charge in [-0.05, 0) is 37.5 Å². The van der Waals surface area contributed by atoms with Crippen molar-refractivity contribution in [2.24, 2.45) is 5.92 Å². The van der Waals surface area contributed by atoms with Gasteiger partial charge < -0.3 is 18.9 Å². The maximum absolute atomic E-state index is 13.9. The Morgan fingerprint density at radius 2 is 2.06 bits per heavy atom. The summed E-state index contributed by atoms with van der Waals surface area (Å²) < 4.78 is 30.3. The van der Waals surface area contributed by atoms with E-state index in [1.54, 1.807) is 31.1 Å². The zero-order chi connectivity index (χ0) is 25.7. The minimum atomic E-state index is -0.579. The average Bonchev–Trinajstić information content (AvgIpc) is 3.37. The van der Waals surface area contributed by atoms with Crippen LogP contribution in [0.5, 0.6) is 5.75 Å². The van der Waals surface area contributed by atoms with Crippen LogP contribution >= 0.6 is 0 Å². The summed E-state index contributed by atoms with van der Waals surface area (Å²) in [6, 6.07) is 11.6. The maximum Gasteiger partial charge on any atom is 0.311 e. The summed E-state index contributed by atoms with van der Waals surface area (Å²) in [5.41, 5.74) is 1.75. The number of aryl methyl sites for hydroxylation is 1. The van der Waals surface area contributed by atoms with Crippen LogP contribution in [0.3, 0.4) is 0 Å². The fourth-order valence-corrected chi connectivity index (χ4v) is 4.49. The molecule has 0 N–H and O–H groups in total. The summed E-state index contributed by atoms with van der Waals surface area (Å²) >= 11 is 0. The number of carbonyl (C=O) groups is 2. The highest BCUT2D eigenvalue weighted by molar-refractivity contribution is 5.82. The lowest BCUT2D eigenvalue weighted by molar-refractivity contribution is -0.159. The van der Waals surface area contributed by atoms with E-state index in [1.807, 2.05) is 24.3 Å². The van der Waals surface area contributed by atoms with Gasteiger partial charge in [0, 0.05) is 24.1 Å². The second-order valence-corrected chi connectivity index (χ2v) is 8.86. The minimum Gasteiger partial charge on any atom is -0.496 e. The molecule has 4 rings (SSSR count). The fourth-order valence-electron chi connectivity index (χ4n) is 4.49. The number of esters is 1. The highest BCUT2D eigenvalue weighted by Gasteiger charge is 2.42. The Labute approximate surface area is 209 Å². The molecule has 1 amide bonds.